The summed E-state index contributed by atoms with van der Waals surface area (Å²) in [7, 11) is 0. The van der Waals surface area contributed by atoms with E-state index in [0.29, 0.717) is 0 Å². The van der Waals surface area contributed by atoms with Crippen LogP contribution < -0.4 is 11.1 Å². The summed E-state index contributed by atoms with van der Waals surface area (Å²) < 4.78 is 0. The number of carbonyl (C=O) groups excluding carboxylic acids is 1. The Hall–Kier alpha value is -1.20. The Bertz CT molecular complexity index is 493. The van der Waals surface area contributed by atoms with Gasteiger partial charge in [-0.25, -0.2) is 0 Å². The zero-order chi connectivity index (χ0) is 14.7. The van der Waals surface area contributed by atoms with Crippen LogP contribution in [0.5, 0.6) is 0 Å². The van der Waals surface area contributed by atoms with E-state index in [4.69, 9.17) is 5.73 Å². The average molecular weight is 305 g/mol. The van der Waals surface area contributed by atoms with Crippen LogP contribution in [0.25, 0.3) is 0 Å². The van der Waals surface area contributed by atoms with Crippen LogP contribution in [0, 0.1) is 0 Å². The molecule has 114 valence electrons. The first-order chi connectivity index (χ1) is 10.2. The molecule has 1 heterocycles. The van der Waals surface area contributed by atoms with E-state index in [1.54, 1.807) is 0 Å². The summed E-state index contributed by atoms with van der Waals surface area (Å²) in [5, 5.41) is 3.13. The summed E-state index contributed by atoms with van der Waals surface area (Å²) in [6, 6.07) is 7.75. The number of nitrogen functional groups attached to an aromatic ring is 1. The summed E-state index contributed by atoms with van der Waals surface area (Å²) in [6.07, 6.45) is 1.90. The highest BCUT2D eigenvalue weighted by Gasteiger charge is 2.50. The number of carbonyl (C=O) groups is 1. The molecule has 1 aliphatic carbocycles. The maximum Gasteiger partial charge on any atom is 0.230 e. The molecular formula is C16H23N3OS. The molecule has 3 N–H and O–H groups in total. The summed E-state index contributed by atoms with van der Waals surface area (Å²) in [5.74, 6) is 2.60. The quantitative estimate of drug-likeness (QED) is 0.809. The van der Waals surface area contributed by atoms with Crippen LogP contribution in [-0.4, -0.2) is 48.5 Å². The van der Waals surface area contributed by atoms with Gasteiger partial charge in [-0.3, -0.25) is 9.69 Å². The maximum absolute atomic E-state index is 12.5. The fraction of sp³-hybridized carbons (Fsp3) is 0.562. The van der Waals surface area contributed by atoms with Crippen LogP contribution in [0.15, 0.2) is 24.3 Å². The Labute approximate surface area is 130 Å². The van der Waals surface area contributed by atoms with Crippen molar-refractivity contribution < 1.29 is 4.79 Å². The molecule has 1 aromatic carbocycles. The maximum atomic E-state index is 12.5. The third-order valence-corrected chi connectivity index (χ3v) is 5.41. The number of nitrogens with one attached hydrogen (secondary N) is 1. The zero-order valence-corrected chi connectivity index (χ0v) is 13.1. The van der Waals surface area contributed by atoms with E-state index in [9.17, 15) is 4.79 Å². The van der Waals surface area contributed by atoms with Crippen molar-refractivity contribution in [2.45, 2.75) is 18.3 Å². The number of amides is 1. The second kappa shape index (κ2) is 6.28. The lowest BCUT2D eigenvalue weighted by Crippen LogP contribution is -2.42. The first-order valence-electron chi connectivity index (χ1n) is 7.65. The first kappa shape index (κ1) is 14.7. The summed E-state index contributed by atoms with van der Waals surface area (Å²) in [4.78, 5) is 14.9. The minimum Gasteiger partial charge on any atom is -0.399 e. The topological polar surface area (TPSA) is 58.4 Å². The Balaban J connectivity index is 1.51. The molecule has 1 saturated carbocycles. The van der Waals surface area contributed by atoms with E-state index in [2.05, 4.69) is 10.2 Å². The lowest BCUT2D eigenvalue weighted by molar-refractivity contribution is -0.123. The summed E-state index contributed by atoms with van der Waals surface area (Å²) in [6.45, 7) is 4.00. The second-order valence-electron chi connectivity index (χ2n) is 5.91. The van der Waals surface area contributed by atoms with Gasteiger partial charge < -0.3 is 11.1 Å². The van der Waals surface area contributed by atoms with Gasteiger partial charge in [-0.05, 0) is 30.5 Å². The molecule has 0 unspecified atom stereocenters. The molecule has 3 rings (SSSR count). The molecule has 0 bridgehead atoms. The van der Waals surface area contributed by atoms with Gasteiger partial charge in [0, 0.05) is 43.4 Å². The lowest BCUT2D eigenvalue weighted by Gasteiger charge is -2.26. The van der Waals surface area contributed by atoms with Gasteiger partial charge in [-0.2, -0.15) is 11.8 Å². The number of hydrogen-bond donors (Lipinski definition) is 2. The van der Waals surface area contributed by atoms with Crippen molar-refractivity contribution in [3.05, 3.63) is 29.8 Å². The first-order valence-corrected chi connectivity index (χ1v) is 8.81. The highest BCUT2D eigenvalue weighted by molar-refractivity contribution is 7.99. The number of nitrogens with zero attached hydrogens (tertiary/aromatic N) is 1. The zero-order valence-electron chi connectivity index (χ0n) is 12.3. The van der Waals surface area contributed by atoms with Gasteiger partial charge in [0.15, 0.2) is 0 Å². The summed E-state index contributed by atoms with van der Waals surface area (Å²) >= 11 is 2.01. The molecule has 2 aliphatic rings. The minimum atomic E-state index is -0.286. The van der Waals surface area contributed by atoms with E-state index in [1.165, 1.54) is 11.5 Å². The highest BCUT2D eigenvalue weighted by Crippen LogP contribution is 2.48. The van der Waals surface area contributed by atoms with Crippen LogP contribution >= 0.6 is 11.8 Å². The number of anilines is 1. The van der Waals surface area contributed by atoms with Gasteiger partial charge in [0.25, 0.3) is 0 Å². The molecule has 0 spiro atoms. The smallest absolute Gasteiger partial charge is 0.230 e. The van der Waals surface area contributed by atoms with E-state index < -0.39 is 0 Å². The Morgan fingerprint density at radius 3 is 2.52 bits per heavy atom. The van der Waals surface area contributed by atoms with Crippen LogP contribution in [0.4, 0.5) is 5.69 Å². The predicted molar refractivity (Wildman–Crippen MR) is 88.5 cm³/mol. The van der Waals surface area contributed by atoms with Crippen LogP contribution in [0.2, 0.25) is 0 Å². The number of hydrogen-bond acceptors (Lipinski definition) is 4. The molecule has 0 atom stereocenters. The predicted octanol–water partition coefficient (Wildman–Crippen LogP) is 1.47. The number of benzene rings is 1. The van der Waals surface area contributed by atoms with E-state index in [-0.39, 0.29) is 11.3 Å². The Morgan fingerprint density at radius 2 is 1.90 bits per heavy atom. The Kier molecular flexibility index (Phi) is 4.40. The largest absolute Gasteiger partial charge is 0.399 e. The van der Waals surface area contributed by atoms with Crippen molar-refractivity contribution in [1.82, 2.24) is 10.2 Å². The third kappa shape index (κ3) is 3.35. The minimum absolute atomic E-state index is 0.179. The molecular weight excluding hydrogens is 282 g/mol. The van der Waals surface area contributed by atoms with Crippen molar-refractivity contribution >= 4 is 23.4 Å². The van der Waals surface area contributed by atoms with Crippen molar-refractivity contribution in [2.24, 2.45) is 0 Å². The highest BCUT2D eigenvalue weighted by atomic mass is 32.2. The molecule has 1 saturated heterocycles. The SMILES string of the molecule is Nc1ccc(C2(C(=O)NCCN3CCSCC3)CC2)cc1. The van der Waals surface area contributed by atoms with Gasteiger partial charge in [0.05, 0.1) is 5.41 Å². The molecule has 1 aliphatic heterocycles. The van der Waals surface area contributed by atoms with Gasteiger partial charge >= 0.3 is 0 Å². The van der Waals surface area contributed by atoms with E-state index in [1.807, 2.05) is 36.0 Å². The number of nitrogens with two attached hydrogens (primary N) is 1. The summed E-state index contributed by atoms with van der Waals surface area (Å²) in [5.41, 5.74) is 7.28. The fourth-order valence-electron chi connectivity index (χ4n) is 2.90. The second-order valence-corrected chi connectivity index (χ2v) is 7.14. The van der Waals surface area contributed by atoms with Gasteiger partial charge in [0.1, 0.15) is 0 Å². The van der Waals surface area contributed by atoms with Crippen LogP contribution in [-0.2, 0) is 10.2 Å². The van der Waals surface area contributed by atoms with Crippen molar-refractivity contribution in [1.29, 1.82) is 0 Å². The average Bonchev–Trinajstić information content (AvgIpc) is 3.31. The van der Waals surface area contributed by atoms with Gasteiger partial charge in [-0.1, -0.05) is 12.1 Å². The molecule has 1 aromatic rings. The third-order valence-electron chi connectivity index (χ3n) is 4.47. The molecule has 5 heteroatoms. The molecule has 0 aromatic heterocycles. The number of rotatable bonds is 5. The normalized spacial score (nSPS) is 21.0. The van der Waals surface area contributed by atoms with E-state index >= 15 is 0 Å². The van der Waals surface area contributed by atoms with Crippen molar-refractivity contribution in [2.75, 3.05) is 43.4 Å². The van der Waals surface area contributed by atoms with Gasteiger partial charge in [-0.15, -0.1) is 0 Å². The fourth-order valence-corrected chi connectivity index (χ4v) is 3.87. The molecule has 4 nitrogen and oxygen atoms in total. The van der Waals surface area contributed by atoms with Crippen LogP contribution in [0.3, 0.4) is 0 Å². The molecule has 2 fully saturated rings. The molecule has 1 amide bonds. The van der Waals surface area contributed by atoms with Crippen LogP contribution in [0.1, 0.15) is 18.4 Å². The van der Waals surface area contributed by atoms with E-state index in [0.717, 1.165) is 50.3 Å². The van der Waals surface area contributed by atoms with Crippen molar-refractivity contribution in [3.63, 3.8) is 0 Å². The van der Waals surface area contributed by atoms with Crippen molar-refractivity contribution in [3.8, 4) is 0 Å². The Morgan fingerprint density at radius 1 is 1.24 bits per heavy atom. The monoisotopic (exact) mass is 305 g/mol. The molecule has 0 radical (unpaired) electrons. The van der Waals surface area contributed by atoms with Gasteiger partial charge in [0.2, 0.25) is 5.91 Å². The molecule has 21 heavy (non-hydrogen) atoms. The standard InChI is InChI=1S/C16H23N3OS/c17-14-3-1-13(2-4-14)16(5-6-16)15(20)18-7-8-19-9-11-21-12-10-19/h1-4H,5-12,17H2,(H,18,20). The lowest BCUT2D eigenvalue weighted by atomic mass is 9.95. The number of thioether (sulfide) groups is 1.